The molecule has 0 saturated heterocycles. The van der Waals surface area contributed by atoms with Crippen molar-refractivity contribution in [1.29, 1.82) is 0 Å². The minimum Gasteiger partial charge on any atom is -0.494 e. The molecular formula is C22H21ClN4O4S. The van der Waals surface area contributed by atoms with Crippen LogP contribution in [0.2, 0.25) is 5.02 Å². The Kier molecular flexibility index (Phi) is 7.55. The van der Waals surface area contributed by atoms with Crippen LogP contribution in [0.1, 0.15) is 17.0 Å². The van der Waals surface area contributed by atoms with Gasteiger partial charge in [0.25, 0.3) is 5.69 Å². The Morgan fingerprint density at radius 2 is 1.97 bits per heavy atom. The number of nitro benzene ring substituents is 1. The molecule has 32 heavy (non-hydrogen) atoms. The smallest absolute Gasteiger partial charge is 0.273 e. The van der Waals surface area contributed by atoms with Gasteiger partial charge in [-0.05, 0) is 50.2 Å². The van der Waals surface area contributed by atoms with Crippen molar-refractivity contribution in [3.05, 3.63) is 80.6 Å². The second-order valence-electron chi connectivity index (χ2n) is 6.81. The van der Waals surface area contributed by atoms with Crippen molar-refractivity contribution in [2.75, 3.05) is 12.9 Å². The number of nitrogens with one attached hydrogen (secondary N) is 1. The van der Waals surface area contributed by atoms with Gasteiger partial charge >= 0.3 is 0 Å². The third-order valence-corrected chi connectivity index (χ3v) is 5.93. The van der Waals surface area contributed by atoms with Gasteiger partial charge in [0.1, 0.15) is 5.75 Å². The molecule has 0 atom stereocenters. The zero-order chi connectivity index (χ0) is 23.3. The molecule has 1 aromatic heterocycles. The molecule has 0 saturated carbocycles. The van der Waals surface area contributed by atoms with Crippen molar-refractivity contribution in [1.82, 2.24) is 9.99 Å². The van der Waals surface area contributed by atoms with E-state index < -0.39 is 4.92 Å². The van der Waals surface area contributed by atoms with Gasteiger partial charge in [-0.3, -0.25) is 14.9 Å². The van der Waals surface area contributed by atoms with Crippen LogP contribution in [0.25, 0.3) is 5.69 Å². The number of hydrogen-bond donors (Lipinski definition) is 1. The van der Waals surface area contributed by atoms with E-state index in [1.165, 1.54) is 31.0 Å². The summed E-state index contributed by atoms with van der Waals surface area (Å²) in [5.41, 5.74) is 5.69. The number of halogens is 1. The topological polar surface area (TPSA) is 98.8 Å². The van der Waals surface area contributed by atoms with Gasteiger partial charge in [-0.15, -0.1) is 11.8 Å². The first-order valence-corrected chi connectivity index (χ1v) is 10.9. The first kappa shape index (κ1) is 23.4. The number of thioether (sulfide) groups is 1. The highest BCUT2D eigenvalue weighted by molar-refractivity contribution is 8.00. The van der Waals surface area contributed by atoms with Crippen molar-refractivity contribution in [3.63, 3.8) is 0 Å². The first-order valence-electron chi connectivity index (χ1n) is 9.52. The molecule has 3 rings (SSSR count). The maximum Gasteiger partial charge on any atom is 0.273 e. The number of nitrogens with zero attached hydrogens (tertiary/aromatic N) is 3. The molecule has 0 radical (unpaired) electrons. The number of aryl methyl sites for hydroxylation is 1. The third kappa shape index (κ3) is 5.49. The van der Waals surface area contributed by atoms with Crippen LogP contribution in [0.5, 0.6) is 5.75 Å². The molecule has 0 aliphatic carbocycles. The van der Waals surface area contributed by atoms with Gasteiger partial charge in [-0.2, -0.15) is 5.10 Å². The molecule has 3 aromatic rings. The van der Waals surface area contributed by atoms with Crippen molar-refractivity contribution in [3.8, 4) is 11.4 Å². The van der Waals surface area contributed by atoms with Crippen LogP contribution in [0.4, 0.5) is 5.69 Å². The number of carbonyl (C=O) groups is 1. The monoisotopic (exact) mass is 472 g/mol. The van der Waals surface area contributed by atoms with Gasteiger partial charge in [0.2, 0.25) is 5.91 Å². The summed E-state index contributed by atoms with van der Waals surface area (Å²) in [6.07, 6.45) is 1.57. The molecule has 8 nitrogen and oxygen atoms in total. The molecule has 166 valence electrons. The van der Waals surface area contributed by atoms with E-state index in [1.807, 2.05) is 36.6 Å². The Bertz CT molecular complexity index is 1180. The quantitative estimate of drug-likeness (QED) is 0.217. The summed E-state index contributed by atoms with van der Waals surface area (Å²) in [5.74, 6) is 0.377. The number of amides is 1. The highest BCUT2D eigenvalue weighted by Crippen LogP contribution is 2.31. The van der Waals surface area contributed by atoms with Crippen molar-refractivity contribution >= 4 is 41.2 Å². The van der Waals surface area contributed by atoms with Gasteiger partial charge < -0.3 is 9.30 Å². The summed E-state index contributed by atoms with van der Waals surface area (Å²) in [4.78, 5) is 23.6. The molecule has 0 spiro atoms. The minimum absolute atomic E-state index is 0.0472. The lowest BCUT2D eigenvalue weighted by Crippen LogP contribution is -2.19. The van der Waals surface area contributed by atoms with Gasteiger partial charge in [0.05, 0.1) is 35.8 Å². The maximum atomic E-state index is 12.1. The van der Waals surface area contributed by atoms with E-state index in [0.717, 1.165) is 21.8 Å². The molecule has 0 aliphatic rings. The van der Waals surface area contributed by atoms with E-state index in [0.29, 0.717) is 16.5 Å². The molecule has 1 heterocycles. The minimum atomic E-state index is -0.465. The zero-order valence-electron chi connectivity index (χ0n) is 17.7. The lowest BCUT2D eigenvalue weighted by molar-refractivity contribution is -0.384. The third-order valence-electron chi connectivity index (χ3n) is 4.66. The van der Waals surface area contributed by atoms with Crippen LogP contribution >= 0.6 is 23.4 Å². The second-order valence-corrected chi connectivity index (χ2v) is 8.30. The van der Waals surface area contributed by atoms with Crippen molar-refractivity contribution in [2.24, 2.45) is 5.10 Å². The zero-order valence-corrected chi connectivity index (χ0v) is 19.2. The Morgan fingerprint density at radius 1 is 1.25 bits per heavy atom. The lowest BCUT2D eigenvalue weighted by atomic mass is 10.2. The van der Waals surface area contributed by atoms with Crippen LogP contribution in [0.15, 0.2) is 58.5 Å². The molecule has 1 N–H and O–H groups in total. The van der Waals surface area contributed by atoms with Crippen LogP contribution in [0.3, 0.4) is 0 Å². The number of ether oxygens (including phenoxy) is 1. The first-order chi connectivity index (χ1) is 15.3. The summed E-state index contributed by atoms with van der Waals surface area (Å²) in [7, 11) is 1.47. The molecule has 0 fully saturated rings. The molecule has 2 aromatic carbocycles. The van der Waals surface area contributed by atoms with Crippen LogP contribution in [0, 0.1) is 24.0 Å². The largest absolute Gasteiger partial charge is 0.494 e. The fourth-order valence-electron chi connectivity index (χ4n) is 3.14. The van der Waals surface area contributed by atoms with Crippen LogP contribution in [-0.2, 0) is 4.79 Å². The molecule has 1 amide bonds. The second kappa shape index (κ2) is 10.3. The molecule has 0 unspecified atom stereocenters. The normalized spacial score (nSPS) is 11.0. The number of hydrazone groups is 1. The Labute approximate surface area is 194 Å². The van der Waals surface area contributed by atoms with E-state index in [2.05, 4.69) is 10.5 Å². The van der Waals surface area contributed by atoms with Crippen LogP contribution in [-0.4, -0.2) is 34.5 Å². The number of rotatable bonds is 8. The Hall–Kier alpha value is -3.30. The fraction of sp³-hybridized carbons (Fsp3) is 0.182. The average Bonchev–Trinajstić information content (AvgIpc) is 3.05. The summed E-state index contributed by atoms with van der Waals surface area (Å²) < 4.78 is 7.29. The van der Waals surface area contributed by atoms with E-state index in [9.17, 15) is 14.9 Å². The molecule has 10 heteroatoms. The number of aromatic nitrogens is 1. The predicted molar refractivity (Wildman–Crippen MR) is 126 cm³/mol. The fourth-order valence-corrected chi connectivity index (χ4v) is 3.96. The Balaban J connectivity index is 1.71. The SMILES string of the molecule is COc1cc([N+](=O)[O-])ccc1-n1c(C)cc(/C=N\NC(=O)CSc2ccc(Cl)cc2)c1C. The van der Waals surface area contributed by atoms with E-state index in [-0.39, 0.29) is 17.3 Å². The standard InChI is InChI=1S/C22H21ClN4O4S/c1-14-10-16(12-24-25-22(28)13-32-19-7-4-17(23)5-8-19)15(2)26(14)20-9-6-18(27(29)30)11-21(20)31-3/h4-12H,13H2,1-3H3,(H,25,28)/b24-12-. The van der Waals surface area contributed by atoms with Gasteiger partial charge in [-0.25, -0.2) is 5.43 Å². The number of nitro groups is 1. The van der Waals surface area contributed by atoms with Gasteiger partial charge in [0, 0.05) is 32.9 Å². The summed E-state index contributed by atoms with van der Waals surface area (Å²) in [5, 5.41) is 15.8. The maximum absolute atomic E-state index is 12.1. The van der Waals surface area contributed by atoms with Crippen LogP contribution < -0.4 is 10.2 Å². The summed E-state index contributed by atoms with van der Waals surface area (Å²) in [6.45, 7) is 3.81. The van der Waals surface area contributed by atoms with Crippen molar-refractivity contribution < 1.29 is 14.5 Å². The number of non-ortho nitro benzene ring substituents is 1. The number of hydrogen-bond acceptors (Lipinski definition) is 6. The van der Waals surface area contributed by atoms with Gasteiger partial charge in [-0.1, -0.05) is 11.6 Å². The number of benzene rings is 2. The highest BCUT2D eigenvalue weighted by Gasteiger charge is 2.17. The average molecular weight is 473 g/mol. The van der Waals surface area contributed by atoms with Gasteiger partial charge in [0.15, 0.2) is 0 Å². The number of methoxy groups -OCH3 is 1. The van der Waals surface area contributed by atoms with E-state index >= 15 is 0 Å². The predicted octanol–water partition coefficient (Wildman–Crippen LogP) is 4.91. The number of carbonyl (C=O) groups excluding carboxylic acids is 1. The summed E-state index contributed by atoms with van der Waals surface area (Å²) >= 11 is 7.25. The molecular weight excluding hydrogens is 452 g/mol. The highest BCUT2D eigenvalue weighted by atomic mass is 35.5. The lowest BCUT2D eigenvalue weighted by Gasteiger charge is -2.13. The van der Waals surface area contributed by atoms with E-state index in [4.69, 9.17) is 16.3 Å². The van der Waals surface area contributed by atoms with E-state index in [1.54, 1.807) is 24.4 Å². The van der Waals surface area contributed by atoms with Crippen molar-refractivity contribution in [2.45, 2.75) is 18.7 Å². The Morgan fingerprint density at radius 3 is 2.62 bits per heavy atom. The molecule has 0 aliphatic heterocycles. The summed E-state index contributed by atoms with van der Waals surface area (Å²) in [6, 6.07) is 13.6. The molecule has 0 bridgehead atoms.